The lowest BCUT2D eigenvalue weighted by atomic mass is 9.85. The van der Waals surface area contributed by atoms with Gasteiger partial charge in [0.25, 0.3) is 0 Å². The van der Waals surface area contributed by atoms with Gasteiger partial charge >= 0.3 is 18.2 Å². The van der Waals surface area contributed by atoms with E-state index < -0.39 is 60.2 Å². The summed E-state index contributed by atoms with van der Waals surface area (Å²) in [5, 5.41) is 2.69. The number of ether oxygens (including phenoxy) is 7. The summed E-state index contributed by atoms with van der Waals surface area (Å²) in [4.78, 5) is 42.6. The van der Waals surface area contributed by atoms with E-state index in [0.29, 0.717) is 25.9 Å². The highest BCUT2D eigenvalue weighted by Crippen LogP contribution is 2.36. The number of methoxy groups -OCH3 is 1. The largest absolute Gasteiger partial charge is 0.467 e. The third-order valence-electron chi connectivity index (χ3n) is 11.2. The fourth-order valence-electron chi connectivity index (χ4n) is 8.05. The zero-order valence-electron chi connectivity index (χ0n) is 38.5. The number of unbranched alkanes of at least 4 members (excludes halogenated alkanes) is 1. The molecule has 1 heterocycles. The van der Waals surface area contributed by atoms with Gasteiger partial charge in [0.2, 0.25) is 0 Å². The number of nitrogens with zero attached hydrogens (tertiary/aromatic N) is 1. The Hall–Kier alpha value is -6.05. The molecule has 0 spiro atoms. The summed E-state index contributed by atoms with van der Waals surface area (Å²) in [5.41, 5.74) is 3.91. The van der Waals surface area contributed by atoms with Crippen molar-refractivity contribution in [3.63, 3.8) is 0 Å². The molecule has 1 aliphatic heterocycles. The molecule has 1 saturated heterocycles. The molecule has 66 heavy (non-hydrogen) atoms. The topological polar surface area (TPSA) is 131 Å². The summed E-state index contributed by atoms with van der Waals surface area (Å²) in [7, 11) is 1.29. The van der Waals surface area contributed by atoms with Crippen LogP contribution in [-0.4, -0.2) is 78.8 Å². The molecule has 12 heteroatoms. The van der Waals surface area contributed by atoms with Gasteiger partial charge in [-0.2, -0.15) is 0 Å². The van der Waals surface area contributed by atoms with E-state index in [-0.39, 0.29) is 39.5 Å². The van der Waals surface area contributed by atoms with Crippen LogP contribution in [-0.2, 0) is 71.0 Å². The van der Waals surface area contributed by atoms with Crippen molar-refractivity contribution in [3.8, 4) is 0 Å². The number of carbonyl (C=O) groups excluding carboxylic acids is 3. The molecule has 0 radical (unpaired) electrons. The van der Waals surface area contributed by atoms with E-state index in [4.69, 9.17) is 33.2 Å². The molecular formula is C54H64N2O10. The van der Waals surface area contributed by atoms with Crippen molar-refractivity contribution in [3.05, 3.63) is 179 Å². The number of alkyl carbamates (subject to hydrolysis) is 1. The zero-order valence-corrected chi connectivity index (χ0v) is 38.5. The van der Waals surface area contributed by atoms with Crippen LogP contribution in [0.4, 0.5) is 9.59 Å². The maximum atomic E-state index is 15.0. The van der Waals surface area contributed by atoms with Crippen LogP contribution in [0.15, 0.2) is 152 Å². The van der Waals surface area contributed by atoms with Gasteiger partial charge in [-0.05, 0) is 61.4 Å². The first kappa shape index (κ1) is 49.4. The van der Waals surface area contributed by atoms with Crippen LogP contribution in [0, 0.1) is 0 Å². The van der Waals surface area contributed by atoms with E-state index in [2.05, 4.69) is 5.32 Å². The first-order chi connectivity index (χ1) is 32.1. The molecule has 1 N–H and O–H groups in total. The van der Waals surface area contributed by atoms with Crippen LogP contribution in [0.5, 0.6) is 0 Å². The molecule has 1 aliphatic rings. The lowest BCUT2D eigenvalue weighted by Crippen LogP contribution is -2.70. The summed E-state index contributed by atoms with van der Waals surface area (Å²) in [6.07, 6.45) is -1.82. The summed E-state index contributed by atoms with van der Waals surface area (Å²) < 4.78 is 44.3. The van der Waals surface area contributed by atoms with Crippen LogP contribution < -0.4 is 5.32 Å². The molecule has 0 bridgehead atoms. The van der Waals surface area contributed by atoms with Gasteiger partial charge in [-0.15, -0.1) is 0 Å². The van der Waals surface area contributed by atoms with Crippen molar-refractivity contribution in [2.75, 3.05) is 13.7 Å². The second-order valence-corrected chi connectivity index (χ2v) is 17.4. The molecule has 350 valence electrons. The number of hydrogen-bond donors (Lipinski definition) is 1. The minimum atomic E-state index is -0.954. The lowest BCUT2D eigenvalue weighted by molar-refractivity contribution is -0.223. The Bertz CT molecular complexity index is 2170. The van der Waals surface area contributed by atoms with E-state index in [1.54, 1.807) is 25.7 Å². The SMILES string of the molecule is COC(=O)[C@H](CCCC[C@H]1[C@H](OCc2ccccc2)[C@@H](OCc2ccccc2)[C@@H](OCc2ccccc2)[C@H](COCc2ccccc2)N1C(=O)OCc1ccccc1)NC(=O)OC(C)(C)C. The van der Waals surface area contributed by atoms with E-state index >= 15 is 4.79 Å². The number of amides is 2. The van der Waals surface area contributed by atoms with E-state index in [1.807, 2.05) is 152 Å². The Morgan fingerprint density at radius 1 is 0.561 bits per heavy atom. The van der Waals surface area contributed by atoms with Crippen molar-refractivity contribution in [2.24, 2.45) is 0 Å². The van der Waals surface area contributed by atoms with Gasteiger partial charge in [0.1, 0.15) is 36.6 Å². The van der Waals surface area contributed by atoms with E-state index in [1.165, 1.54) is 7.11 Å². The summed E-state index contributed by atoms with van der Waals surface area (Å²) >= 11 is 0. The number of piperidine rings is 1. The van der Waals surface area contributed by atoms with Crippen molar-refractivity contribution < 1.29 is 47.5 Å². The number of rotatable bonds is 22. The van der Waals surface area contributed by atoms with Crippen molar-refractivity contribution in [1.82, 2.24) is 10.2 Å². The molecule has 1 fully saturated rings. The highest BCUT2D eigenvalue weighted by Gasteiger charge is 2.53. The Kier molecular flexibility index (Phi) is 19.2. The maximum Gasteiger partial charge on any atom is 0.410 e. The molecule has 0 unspecified atom stereocenters. The Labute approximate surface area is 389 Å². The first-order valence-electron chi connectivity index (χ1n) is 22.7. The van der Waals surface area contributed by atoms with Gasteiger partial charge in [-0.25, -0.2) is 14.4 Å². The minimum Gasteiger partial charge on any atom is -0.467 e. The summed E-state index contributed by atoms with van der Waals surface area (Å²) in [6, 6.07) is 46.8. The van der Waals surface area contributed by atoms with Crippen molar-refractivity contribution >= 4 is 18.2 Å². The minimum absolute atomic E-state index is 0.0383. The van der Waals surface area contributed by atoms with Gasteiger partial charge in [0.15, 0.2) is 0 Å². The molecule has 0 aromatic heterocycles. The van der Waals surface area contributed by atoms with Crippen LogP contribution in [0.2, 0.25) is 0 Å². The number of hydrogen-bond acceptors (Lipinski definition) is 10. The third kappa shape index (κ3) is 15.5. The predicted molar refractivity (Wildman–Crippen MR) is 251 cm³/mol. The van der Waals surface area contributed by atoms with Gasteiger partial charge in [0.05, 0.1) is 52.2 Å². The highest BCUT2D eigenvalue weighted by molar-refractivity contribution is 5.81. The highest BCUT2D eigenvalue weighted by atomic mass is 16.6. The van der Waals surface area contributed by atoms with Crippen LogP contribution in [0.25, 0.3) is 0 Å². The molecule has 2 amide bonds. The monoisotopic (exact) mass is 900 g/mol. The van der Waals surface area contributed by atoms with Gasteiger partial charge in [-0.1, -0.05) is 165 Å². The van der Waals surface area contributed by atoms with E-state index in [9.17, 15) is 9.59 Å². The zero-order chi connectivity index (χ0) is 46.6. The van der Waals surface area contributed by atoms with E-state index in [0.717, 1.165) is 27.8 Å². The predicted octanol–water partition coefficient (Wildman–Crippen LogP) is 9.98. The second kappa shape index (κ2) is 25.6. The quantitative estimate of drug-likeness (QED) is 0.0407. The Morgan fingerprint density at radius 2 is 0.985 bits per heavy atom. The molecular weight excluding hydrogens is 837 g/mol. The van der Waals surface area contributed by atoms with Crippen LogP contribution in [0.3, 0.4) is 0 Å². The number of nitrogens with one attached hydrogen (secondary N) is 1. The third-order valence-corrected chi connectivity index (χ3v) is 11.2. The Balaban J connectivity index is 1.39. The van der Waals surface area contributed by atoms with Gasteiger partial charge < -0.3 is 38.5 Å². The molecule has 5 aromatic rings. The molecule has 0 aliphatic carbocycles. The number of carbonyl (C=O) groups is 3. The second-order valence-electron chi connectivity index (χ2n) is 17.4. The van der Waals surface area contributed by atoms with Crippen LogP contribution >= 0.6 is 0 Å². The molecule has 6 atom stereocenters. The average Bonchev–Trinajstić information content (AvgIpc) is 3.33. The number of likely N-dealkylation sites (tertiary alicyclic amines) is 1. The maximum absolute atomic E-state index is 15.0. The fraction of sp³-hybridized carbons (Fsp3) is 0.389. The van der Waals surface area contributed by atoms with Gasteiger partial charge in [0, 0.05) is 0 Å². The summed E-state index contributed by atoms with van der Waals surface area (Å²) in [5.74, 6) is -0.586. The molecule has 12 nitrogen and oxygen atoms in total. The number of esters is 1. The molecule has 6 rings (SSSR count). The standard InChI is InChI=1S/C54H64N2O10/c1-54(2,3)66-52(58)55-45(51(57)60-4)32-20-21-33-46-48(62-35-41-24-12-6-13-25-41)50(64-37-43-28-16-8-17-29-43)49(63-36-42-26-14-7-15-27-42)47(39-61-34-40-22-10-5-11-23-40)56(46)53(59)65-38-44-30-18-9-19-31-44/h5-19,22-31,45-50H,20-21,32-39H2,1-4H3,(H,55,58)/t45-,46-,47-,48-,49-,50+/m0/s1. The number of benzene rings is 5. The Morgan fingerprint density at radius 3 is 1.44 bits per heavy atom. The average molecular weight is 901 g/mol. The summed E-state index contributed by atoms with van der Waals surface area (Å²) in [6.45, 7) is 6.40. The van der Waals surface area contributed by atoms with Gasteiger partial charge in [-0.3, -0.25) is 4.90 Å². The van der Waals surface area contributed by atoms with Crippen molar-refractivity contribution in [2.45, 2.75) is 122 Å². The fourth-order valence-corrected chi connectivity index (χ4v) is 8.05. The van der Waals surface area contributed by atoms with Crippen LogP contribution in [0.1, 0.15) is 74.3 Å². The lowest BCUT2D eigenvalue weighted by Gasteiger charge is -2.52. The first-order valence-corrected chi connectivity index (χ1v) is 22.7. The van der Waals surface area contributed by atoms with Crippen molar-refractivity contribution in [1.29, 1.82) is 0 Å². The normalized spacial score (nSPS) is 18.8. The smallest absolute Gasteiger partial charge is 0.410 e. The molecule has 5 aromatic carbocycles. The molecule has 0 saturated carbocycles.